The molecule has 0 aliphatic carbocycles. The molecule has 0 spiro atoms. The van der Waals surface area contributed by atoms with Gasteiger partial charge in [0.25, 0.3) is 0 Å². The van der Waals surface area contributed by atoms with Crippen LogP contribution in [-0.4, -0.2) is 67.7 Å². The molecule has 2 atom stereocenters. The van der Waals surface area contributed by atoms with Crippen LogP contribution in [0.15, 0.2) is 17.4 Å². The fourth-order valence-electron chi connectivity index (χ4n) is 4.11. The maximum Gasteiger partial charge on any atom is 0.194 e. The number of rotatable bonds is 6. The average molecular weight is 401 g/mol. The number of ether oxygens (including phenoxy) is 1. The molecular formula is C20H32N8O. The predicted molar refractivity (Wildman–Crippen MR) is 110 cm³/mol. The molecule has 29 heavy (non-hydrogen) atoms. The van der Waals surface area contributed by atoms with Crippen molar-refractivity contribution in [2.75, 3.05) is 26.2 Å². The van der Waals surface area contributed by atoms with Gasteiger partial charge in [-0.2, -0.15) is 5.10 Å². The third-order valence-corrected chi connectivity index (χ3v) is 5.93. The molecule has 2 aromatic heterocycles. The maximum absolute atomic E-state index is 5.78. The van der Waals surface area contributed by atoms with E-state index < -0.39 is 0 Å². The molecular weight excluding hydrogens is 368 g/mol. The second-order valence-electron chi connectivity index (χ2n) is 8.21. The lowest BCUT2D eigenvalue weighted by atomic mass is 10.0. The zero-order valence-electron chi connectivity index (χ0n) is 17.7. The zero-order chi connectivity index (χ0) is 20.2. The molecule has 0 amide bonds. The highest BCUT2D eigenvalue weighted by Crippen LogP contribution is 2.21. The second-order valence-corrected chi connectivity index (χ2v) is 8.21. The summed E-state index contributed by atoms with van der Waals surface area (Å²) >= 11 is 0. The SMILES string of the molecule is Cc1nnc(CN=C(NCC2CCCO2)N2CCC(Cc3cnn(C)c3)C2)n1C. The van der Waals surface area contributed by atoms with Gasteiger partial charge in [0.2, 0.25) is 0 Å². The van der Waals surface area contributed by atoms with Crippen LogP contribution in [0.2, 0.25) is 0 Å². The van der Waals surface area contributed by atoms with Gasteiger partial charge < -0.3 is 19.5 Å². The van der Waals surface area contributed by atoms with Gasteiger partial charge in [-0.05, 0) is 44.1 Å². The number of hydrogen-bond donors (Lipinski definition) is 1. The lowest BCUT2D eigenvalue weighted by Crippen LogP contribution is -2.43. The number of nitrogens with one attached hydrogen (secondary N) is 1. The molecule has 2 aliphatic rings. The van der Waals surface area contributed by atoms with Crippen LogP contribution in [0.5, 0.6) is 0 Å². The molecule has 9 nitrogen and oxygen atoms in total. The van der Waals surface area contributed by atoms with Gasteiger partial charge in [-0.15, -0.1) is 10.2 Å². The molecule has 4 heterocycles. The van der Waals surface area contributed by atoms with E-state index in [2.05, 4.69) is 31.7 Å². The summed E-state index contributed by atoms with van der Waals surface area (Å²) in [6, 6.07) is 0. The van der Waals surface area contributed by atoms with E-state index in [0.717, 1.165) is 63.1 Å². The summed E-state index contributed by atoms with van der Waals surface area (Å²) in [5, 5.41) is 16.3. The standard InChI is InChI=1S/C20H32N8O/c1-15-24-25-19(27(15)3)12-22-20(21-11-18-5-4-8-29-18)28-7-6-16(14-28)9-17-10-23-26(2)13-17/h10,13,16,18H,4-9,11-12,14H2,1-3H3,(H,21,22). The molecule has 4 rings (SSSR count). The average Bonchev–Trinajstić information content (AvgIpc) is 3.49. The van der Waals surface area contributed by atoms with E-state index >= 15 is 0 Å². The van der Waals surface area contributed by atoms with Crippen LogP contribution in [0.3, 0.4) is 0 Å². The van der Waals surface area contributed by atoms with Crippen molar-refractivity contribution >= 4 is 5.96 Å². The Morgan fingerprint density at radius 3 is 2.90 bits per heavy atom. The van der Waals surface area contributed by atoms with Gasteiger partial charge in [0.05, 0.1) is 12.3 Å². The van der Waals surface area contributed by atoms with Gasteiger partial charge in [-0.1, -0.05) is 0 Å². The quantitative estimate of drug-likeness (QED) is 0.576. The molecule has 2 saturated heterocycles. The Kier molecular flexibility index (Phi) is 6.13. The maximum atomic E-state index is 5.78. The Balaban J connectivity index is 1.41. The highest BCUT2D eigenvalue weighted by Gasteiger charge is 2.26. The van der Waals surface area contributed by atoms with E-state index in [4.69, 9.17) is 9.73 Å². The van der Waals surface area contributed by atoms with Crippen molar-refractivity contribution in [3.05, 3.63) is 29.6 Å². The molecule has 158 valence electrons. The van der Waals surface area contributed by atoms with Crippen molar-refractivity contribution < 1.29 is 4.74 Å². The minimum absolute atomic E-state index is 0.283. The Labute approximate surface area is 172 Å². The first-order valence-corrected chi connectivity index (χ1v) is 10.6. The molecule has 2 aliphatic heterocycles. The number of nitrogens with zero attached hydrogens (tertiary/aromatic N) is 7. The molecule has 0 saturated carbocycles. The number of aryl methyl sites for hydroxylation is 2. The van der Waals surface area contributed by atoms with Crippen molar-refractivity contribution in [2.45, 2.75) is 45.3 Å². The minimum Gasteiger partial charge on any atom is -0.376 e. The van der Waals surface area contributed by atoms with Gasteiger partial charge in [0.15, 0.2) is 11.8 Å². The fraction of sp³-hybridized carbons (Fsp3) is 0.700. The number of guanidine groups is 1. The first-order valence-electron chi connectivity index (χ1n) is 10.6. The van der Waals surface area contributed by atoms with E-state index in [1.165, 1.54) is 12.0 Å². The molecule has 0 radical (unpaired) electrons. The molecule has 2 aromatic rings. The predicted octanol–water partition coefficient (Wildman–Crippen LogP) is 1.05. The van der Waals surface area contributed by atoms with Crippen LogP contribution in [0, 0.1) is 12.8 Å². The Morgan fingerprint density at radius 1 is 1.31 bits per heavy atom. The van der Waals surface area contributed by atoms with Gasteiger partial charge >= 0.3 is 0 Å². The number of aromatic nitrogens is 5. The van der Waals surface area contributed by atoms with Crippen molar-refractivity contribution in [3.8, 4) is 0 Å². The lowest BCUT2D eigenvalue weighted by Gasteiger charge is -2.23. The van der Waals surface area contributed by atoms with Crippen LogP contribution in [-0.2, 0) is 31.8 Å². The summed E-state index contributed by atoms with van der Waals surface area (Å²) < 4.78 is 9.65. The summed E-state index contributed by atoms with van der Waals surface area (Å²) in [5.74, 6) is 3.35. The third-order valence-electron chi connectivity index (χ3n) is 5.93. The smallest absolute Gasteiger partial charge is 0.194 e. The Morgan fingerprint density at radius 2 is 2.21 bits per heavy atom. The first kappa shape index (κ1) is 19.9. The van der Waals surface area contributed by atoms with E-state index in [9.17, 15) is 0 Å². The summed E-state index contributed by atoms with van der Waals surface area (Å²) in [4.78, 5) is 7.27. The molecule has 1 N–H and O–H groups in total. The topological polar surface area (TPSA) is 85.4 Å². The number of likely N-dealkylation sites (tertiary alicyclic amines) is 1. The lowest BCUT2D eigenvalue weighted by molar-refractivity contribution is 0.113. The summed E-state index contributed by atoms with van der Waals surface area (Å²) in [6.07, 6.45) is 8.86. The Hall–Kier alpha value is -2.42. The second kappa shape index (κ2) is 8.94. The molecule has 2 unspecified atom stereocenters. The molecule has 0 bridgehead atoms. The van der Waals surface area contributed by atoms with Gasteiger partial charge in [0.1, 0.15) is 12.4 Å². The van der Waals surface area contributed by atoms with E-state index in [1.807, 2.05) is 36.5 Å². The normalized spacial score (nSPS) is 22.6. The van der Waals surface area contributed by atoms with Crippen LogP contribution >= 0.6 is 0 Å². The number of aliphatic imine (C=N–C) groups is 1. The van der Waals surface area contributed by atoms with Gasteiger partial charge in [0, 0.05) is 46.5 Å². The van der Waals surface area contributed by atoms with Crippen molar-refractivity contribution in [2.24, 2.45) is 25.0 Å². The van der Waals surface area contributed by atoms with E-state index in [0.29, 0.717) is 12.5 Å². The minimum atomic E-state index is 0.283. The Bertz CT molecular complexity index is 835. The number of hydrogen-bond acceptors (Lipinski definition) is 5. The fourth-order valence-corrected chi connectivity index (χ4v) is 4.11. The van der Waals surface area contributed by atoms with Crippen LogP contribution in [0.1, 0.15) is 36.5 Å². The van der Waals surface area contributed by atoms with Crippen LogP contribution in [0.4, 0.5) is 0 Å². The van der Waals surface area contributed by atoms with Crippen LogP contribution in [0.25, 0.3) is 0 Å². The van der Waals surface area contributed by atoms with Crippen molar-refractivity contribution in [3.63, 3.8) is 0 Å². The summed E-state index contributed by atoms with van der Waals surface area (Å²) in [7, 11) is 3.96. The highest BCUT2D eigenvalue weighted by molar-refractivity contribution is 5.80. The zero-order valence-corrected chi connectivity index (χ0v) is 17.7. The monoisotopic (exact) mass is 400 g/mol. The first-order chi connectivity index (χ1) is 14.1. The summed E-state index contributed by atoms with van der Waals surface area (Å²) in [5.41, 5.74) is 1.31. The summed E-state index contributed by atoms with van der Waals surface area (Å²) in [6.45, 7) is 6.17. The molecule has 2 fully saturated rings. The molecule has 0 aromatic carbocycles. The largest absolute Gasteiger partial charge is 0.376 e. The van der Waals surface area contributed by atoms with Gasteiger partial charge in [-0.3, -0.25) is 4.68 Å². The van der Waals surface area contributed by atoms with Gasteiger partial charge in [-0.25, -0.2) is 4.99 Å². The van der Waals surface area contributed by atoms with Crippen molar-refractivity contribution in [1.82, 2.24) is 34.8 Å². The van der Waals surface area contributed by atoms with E-state index in [-0.39, 0.29) is 6.10 Å². The molecule has 9 heteroatoms. The van der Waals surface area contributed by atoms with E-state index in [1.54, 1.807) is 0 Å². The van der Waals surface area contributed by atoms with Crippen molar-refractivity contribution in [1.29, 1.82) is 0 Å². The third kappa shape index (κ3) is 4.95. The van der Waals surface area contributed by atoms with Crippen LogP contribution < -0.4 is 5.32 Å². The highest BCUT2D eigenvalue weighted by atomic mass is 16.5.